The minimum Gasteiger partial charge on any atom is -0.497 e. The van der Waals surface area contributed by atoms with E-state index < -0.39 is 28.5 Å². The number of carbonyl (C=O) groups excluding carboxylic acids is 1. The van der Waals surface area contributed by atoms with E-state index in [1.54, 1.807) is 31.8 Å². The Kier molecular flexibility index (Phi) is 8.95. The van der Waals surface area contributed by atoms with Gasteiger partial charge in [-0.25, -0.2) is 9.69 Å². The zero-order valence-corrected chi connectivity index (χ0v) is 19.6. The topological polar surface area (TPSA) is 120 Å². The molecule has 10 heteroatoms. The molecule has 0 spiro atoms. The fraction of sp³-hybridized carbons (Fsp3) is 0.435. The zero-order valence-electron chi connectivity index (χ0n) is 18.8. The summed E-state index contributed by atoms with van der Waals surface area (Å²) in [6, 6.07) is 14.4. The van der Waals surface area contributed by atoms with E-state index in [0.717, 1.165) is 16.9 Å². The summed E-state index contributed by atoms with van der Waals surface area (Å²) in [5, 5.41) is 22.5. The number of ether oxygens (including phenoxy) is 2. The molecular formula is C23H31N3O6S. The van der Waals surface area contributed by atoms with Crippen LogP contribution in [0.2, 0.25) is 0 Å². The first kappa shape index (κ1) is 25.3. The first-order valence-corrected chi connectivity index (χ1v) is 11.8. The Morgan fingerprint density at radius 2 is 1.79 bits per heavy atom. The van der Waals surface area contributed by atoms with Crippen LogP contribution in [0.3, 0.4) is 0 Å². The second kappa shape index (κ2) is 11.7. The fourth-order valence-corrected chi connectivity index (χ4v) is 5.73. The molecule has 1 heterocycles. The van der Waals surface area contributed by atoms with E-state index in [1.807, 2.05) is 36.4 Å². The van der Waals surface area contributed by atoms with Crippen molar-refractivity contribution in [2.75, 3.05) is 40.5 Å². The molecule has 4 N–H and O–H groups in total. The summed E-state index contributed by atoms with van der Waals surface area (Å²) in [4.78, 5) is 13.3. The van der Waals surface area contributed by atoms with E-state index in [9.17, 15) is 19.3 Å². The van der Waals surface area contributed by atoms with Gasteiger partial charge >= 0.3 is 0 Å². The Morgan fingerprint density at radius 1 is 1.15 bits per heavy atom. The number of aliphatic hydroxyl groups is 1. The maximum Gasteiger partial charge on any atom is 0.266 e. The van der Waals surface area contributed by atoms with Gasteiger partial charge in [-0.05, 0) is 48.2 Å². The highest BCUT2D eigenvalue weighted by molar-refractivity contribution is 7.82. The van der Waals surface area contributed by atoms with Crippen LogP contribution < -0.4 is 15.5 Å². The van der Waals surface area contributed by atoms with Crippen molar-refractivity contribution in [2.24, 2.45) is 0 Å². The number of hydrogen-bond acceptors (Lipinski definition) is 7. The quantitative estimate of drug-likeness (QED) is 0.219. The molecule has 0 bridgehead atoms. The molecule has 1 aliphatic heterocycles. The predicted molar refractivity (Wildman–Crippen MR) is 124 cm³/mol. The number of hydrogen-bond donors (Lipinski definition) is 4. The summed E-state index contributed by atoms with van der Waals surface area (Å²) >= 11 is 0. The van der Waals surface area contributed by atoms with Crippen LogP contribution in [0.15, 0.2) is 53.4 Å². The molecule has 1 saturated heterocycles. The van der Waals surface area contributed by atoms with Crippen LogP contribution in [0.25, 0.3) is 11.1 Å². The van der Waals surface area contributed by atoms with Gasteiger partial charge < -0.3 is 19.9 Å². The molecule has 2 aromatic rings. The lowest BCUT2D eigenvalue weighted by Gasteiger charge is -2.37. The summed E-state index contributed by atoms with van der Waals surface area (Å²) in [5.74, 6) is 0.102. The number of nitrogens with zero attached hydrogens (tertiary/aromatic N) is 1. The molecule has 0 aliphatic carbocycles. The van der Waals surface area contributed by atoms with Crippen molar-refractivity contribution in [3.05, 3.63) is 48.5 Å². The van der Waals surface area contributed by atoms with Crippen molar-refractivity contribution in [2.45, 2.75) is 29.3 Å². The third kappa shape index (κ3) is 5.43. The number of rotatable bonds is 11. The van der Waals surface area contributed by atoms with Crippen molar-refractivity contribution in [3.63, 3.8) is 0 Å². The number of benzene rings is 2. The minimum absolute atomic E-state index is 0.148. The summed E-state index contributed by atoms with van der Waals surface area (Å²) in [5.41, 5.74) is 2.38. The Hall–Kier alpha value is -2.34. The van der Waals surface area contributed by atoms with E-state index in [4.69, 9.17) is 9.47 Å². The van der Waals surface area contributed by atoms with Gasteiger partial charge in [0.15, 0.2) is 0 Å². The van der Waals surface area contributed by atoms with E-state index in [0.29, 0.717) is 30.9 Å². The zero-order chi connectivity index (χ0) is 23.8. The molecule has 1 amide bonds. The summed E-state index contributed by atoms with van der Waals surface area (Å²) in [6.07, 6.45) is 0.797. The Bertz CT molecular complexity index is 940. The molecular weight excluding hydrogens is 446 g/mol. The lowest BCUT2D eigenvalue weighted by atomic mass is 9.96. The maximum absolute atomic E-state index is 13.7. The predicted octanol–water partition coefficient (Wildman–Crippen LogP) is 1.32. The van der Waals surface area contributed by atoms with Gasteiger partial charge in [0.2, 0.25) is 0 Å². The molecule has 180 valence electrons. The van der Waals surface area contributed by atoms with Gasteiger partial charge in [0, 0.05) is 26.2 Å². The number of carbonyl (C=O) groups is 1. The van der Waals surface area contributed by atoms with Crippen LogP contribution >= 0.6 is 0 Å². The van der Waals surface area contributed by atoms with Crippen LogP contribution in [0.4, 0.5) is 0 Å². The van der Waals surface area contributed by atoms with E-state index in [1.165, 1.54) is 4.31 Å². The number of amides is 1. The minimum atomic E-state index is -1.75. The van der Waals surface area contributed by atoms with Crippen molar-refractivity contribution in [1.82, 2.24) is 15.1 Å². The van der Waals surface area contributed by atoms with Gasteiger partial charge in [0.1, 0.15) is 22.3 Å². The van der Waals surface area contributed by atoms with Gasteiger partial charge in [-0.2, -0.15) is 4.31 Å². The Balaban J connectivity index is 1.87. The van der Waals surface area contributed by atoms with Gasteiger partial charge in [0.05, 0.1) is 25.2 Å². The van der Waals surface area contributed by atoms with Crippen LogP contribution in [0.5, 0.6) is 5.75 Å². The van der Waals surface area contributed by atoms with Gasteiger partial charge in [-0.1, -0.05) is 24.3 Å². The van der Waals surface area contributed by atoms with Crippen LogP contribution in [0.1, 0.15) is 12.8 Å². The molecule has 3 unspecified atom stereocenters. The second-order valence-electron chi connectivity index (χ2n) is 7.84. The van der Waals surface area contributed by atoms with E-state index in [2.05, 4.69) is 5.32 Å². The second-order valence-corrected chi connectivity index (χ2v) is 9.21. The molecule has 33 heavy (non-hydrogen) atoms. The molecule has 0 saturated carbocycles. The molecule has 0 radical (unpaired) electrons. The lowest BCUT2D eigenvalue weighted by Crippen LogP contribution is -2.62. The van der Waals surface area contributed by atoms with Crippen molar-refractivity contribution in [1.29, 1.82) is 0 Å². The first-order valence-electron chi connectivity index (χ1n) is 10.7. The summed E-state index contributed by atoms with van der Waals surface area (Å²) < 4.78 is 25.4. The highest BCUT2D eigenvalue weighted by Gasteiger charge is 2.54. The third-order valence-electron chi connectivity index (χ3n) is 5.94. The third-order valence-corrected chi connectivity index (χ3v) is 7.62. The Labute approximate surface area is 196 Å². The average molecular weight is 478 g/mol. The van der Waals surface area contributed by atoms with Gasteiger partial charge in [0.25, 0.3) is 5.91 Å². The van der Waals surface area contributed by atoms with Crippen LogP contribution in [-0.2, 0) is 20.5 Å². The molecule has 1 aliphatic rings. The summed E-state index contributed by atoms with van der Waals surface area (Å²) in [7, 11) is 1.44. The molecule has 2 aromatic carbocycles. The largest absolute Gasteiger partial charge is 0.497 e. The maximum atomic E-state index is 13.7. The van der Waals surface area contributed by atoms with Crippen molar-refractivity contribution >= 4 is 16.9 Å². The smallest absolute Gasteiger partial charge is 0.266 e. The molecule has 9 nitrogen and oxygen atoms in total. The Morgan fingerprint density at radius 3 is 2.33 bits per heavy atom. The molecule has 1 fully saturated rings. The number of methoxy groups -OCH3 is 2. The number of hydroxylamine groups is 1. The van der Waals surface area contributed by atoms with Crippen LogP contribution in [0, 0.1) is 0 Å². The summed E-state index contributed by atoms with van der Waals surface area (Å²) in [6.45, 7) is 0.817. The van der Waals surface area contributed by atoms with Gasteiger partial charge in [-0.3, -0.25) is 10.0 Å². The molecule has 3 atom stereocenters. The monoisotopic (exact) mass is 477 g/mol. The highest BCUT2D eigenvalue weighted by atomic mass is 32.2. The van der Waals surface area contributed by atoms with Crippen molar-refractivity contribution < 1.29 is 28.8 Å². The van der Waals surface area contributed by atoms with E-state index >= 15 is 0 Å². The van der Waals surface area contributed by atoms with Crippen LogP contribution in [-0.4, -0.2) is 76.8 Å². The molecule has 0 aromatic heterocycles. The number of nitrogens with one attached hydrogen (secondary N) is 2. The first-order chi connectivity index (χ1) is 16.0. The van der Waals surface area contributed by atoms with E-state index in [-0.39, 0.29) is 13.2 Å². The highest BCUT2D eigenvalue weighted by Crippen LogP contribution is 2.37. The average Bonchev–Trinajstić information content (AvgIpc) is 3.25. The fourth-order valence-electron chi connectivity index (χ4n) is 4.14. The number of aliphatic hydroxyl groups excluding tert-OH is 1. The standard InChI is InChI=1S/C23H31N3O6S/c1-31-14-13-24-16-23(22(28)25-29)12-11-19(15-27)26(23)33(30)21-9-5-18(6-10-21)17-3-7-20(32-2)8-4-17/h3-10,19,24,27,29H,11-16H2,1-2H3,(H,25,28). The SMILES string of the molecule is COCCNCC1(C(=O)NO)CCC(CO)N1S(=O)c1ccc(-c2ccc(OC)cc2)cc1. The van der Waals surface area contributed by atoms with Gasteiger partial charge in [-0.15, -0.1) is 0 Å². The lowest BCUT2D eigenvalue weighted by molar-refractivity contribution is -0.138. The molecule has 3 rings (SSSR count). The normalized spacial score (nSPS) is 21.6. The van der Waals surface area contributed by atoms with Crippen molar-refractivity contribution in [3.8, 4) is 16.9 Å².